The van der Waals surface area contributed by atoms with Crippen LogP contribution < -0.4 is 0 Å². The summed E-state index contributed by atoms with van der Waals surface area (Å²) in [7, 11) is 0. The molecule has 11 heavy (non-hydrogen) atoms. The summed E-state index contributed by atoms with van der Waals surface area (Å²) in [6.45, 7) is 2.17. The van der Waals surface area contributed by atoms with E-state index in [2.05, 4.69) is 6.92 Å². The topological polar surface area (TPSA) is 44.0 Å². The van der Waals surface area contributed by atoms with Gasteiger partial charge in [0.25, 0.3) is 0 Å². The fraction of sp³-hybridized carbons (Fsp3) is 0.889. The van der Waals surface area contributed by atoms with Crippen molar-refractivity contribution in [3.8, 4) is 6.07 Å². The normalized spacial score (nSPS) is 12.5. The van der Waals surface area contributed by atoms with Crippen molar-refractivity contribution >= 4 is 0 Å². The van der Waals surface area contributed by atoms with Crippen LogP contribution in [-0.2, 0) is 0 Å². The van der Waals surface area contributed by atoms with Crippen LogP contribution in [0.15, 0.2) is 0 Å². The van der Waals surface area contributed by atoms with Crippen LogP contribution in [0.1, 0.15) is 45.4 Å². The smallest absolute Gasteiger partial charge is 0.140 e. The lowest BCUT2D eigenvalue weighted by molar-refractivity contribution is 0.215. The van der Waals surface area contributed by atoms with Crippen LogP contribution in [0, 0.1) is 11.3 Å². The minimum absolute atomic E-state index is 0.639. The molecule has 0 aromatic heterocycles. The molecule has 0 aromatic rings. The lowest BCUT2D eigenvalue weighted by Gasteiger charge is -2.00. The molecule has 0 rings (SSSR count). The third-order valence-electron chi connectivity index (χ3n) is 1.73. The van der Waals surface area contributed by atoms with Gasteiger partial charge in [-0.05, 0) is 12.8 Å². The van der Waals surface area contributed by atoms with Gasteiger partial charge in [-0.2, -0.15) is 5.26 Å². The van der Waals surface area contributed by atoms with Crippen molar-refractivity contribution in [3.05, 3.63) is 0 Å². The van der Waals surface area contributed by atoms with Gasteiger partial charge in [-0.25, -0.2) is 0 Å². The molecule has 0 bridgehead atoms. The highest BCUT2D eigenvalue weighted by Crippen LogP contribution is 2.06. The molecule has 0 spiro atoms. The van der Waals surface area contributed by atoms with E-state index in [4.69, 9.17) is 10.4 Å². The van der Waals surface area contributed by atoms with E-state index < -0.39 is 6.10 Å². The number of nitriles is 1. The van der Waals surface area contributed by atoms with E-state index in [1.165, 1.54) is 19.3 Å². The molecule has 0 heterocycles. The molecular formula is C9H17NO. The Morgan fingerprint density at radius 3 is 2.45 bits per heavy atom. The third-order valence-corrected chi connectivity index (χ3v) is 1.73. The van der Waals surface area contributed by atoms with Gasteiger partial charge in [-0.15, -0.1) is 0 Å². The van der Waals surface area contributed by atoms with Crippen molar-refractivity contribution in [2.24, 2.45) is 0 Å². The van der Waals surface area contributed by atoms with Gasteiger partial charge < -0.3 is 5.11 Å². The summed E-state index contributed by atoms with van der Waals surface area (Å²) in [5.74, 6) is 0. The van der Waals surface area contributed by atoms with E-state index in [0.29, 0.717) is 6.42 Å². The van der Waals surface area contributed by atoms with Gasteiger partial charge in [0.2, 0.25) is 0 Å². The Morgan fingerprint density at radius 1 is 1.27 bits per heavy atom. The minimum Gasteiger partial charge on any atom is -0.378 e. The van der Waals surface area contributed by atoms with Crippen molar-refractivity contribution in [2.75, 3.05) is 0 Å². The molecule has 0 aromatic carbocycles. The number of unbranched alkanes of at least 4 members (excludes halogenated alkanes) is 4. The number of hydrogen-bond acceptors (Lipinski definition) is 2. The molecule has 2 heteroatoms. The van der Waals surface area contributed by atoms with Crippen molar-refractivity contribution in [1.82, 2.24) is 0 Å². The van der Waals surface area contributed by atoms with Crippen molar-refractivity contribution in [3.63, 3.8) is 0 Å². The van der Waals surface area contributed by atoms with Crippen molar-refractivity contribution < 1.29 is 5.11 Å². The number of rotatable bonds is 6. The molecule has 2 nitrogen and oxygen atoms in total. The standard InChI is InChI=1S/C9H17NO/c1-2-3-4-5-6-7-9(11)8-10/h9,11H,2-7H2,1H3. The second-order valence-electron chi connectivity index (χ2n) is 2.85. The molecule has 1 N–H and O–H groups in total. The number of aliphatic hydroxyl groups is 1. The summed E-state index contributed by atoms with van der Waals surface area (Å²) in [5, 5.41) is 17.1. The summed E-state index contributed by atoms with van der Waals surface area (Å²) in [5.41, 5.74) is 0. The molecule has 0 fully saturated rings. The van der Waals surface area contributed by atoms with Gasteiger partial charge in [0.15, 0.2) is 0 Å². The van der Waals surface area contributed by atoms with E-state index >= 15 is 0 Å². The van der Waals surface area contributed by atoms with E-state index in [-0.39, 0.29) is 0 Å². The second-order valence-corrected chi connectivity index (χ2v) is 2.85. The summed E-state index contributed by atoms with van der Waals surface area (Å²) in [6, 6.07) is 1.81. The summed E-state index contributed by atoms with van der Waals surface area (Å²) >= 11 is 0. The minimum atomic E-state index is -0.739. The van der Waals surface area contributed by atoms with Crippen LogP contribution in [0.2, 0.25) is 0 Å². The van der Waals surface area contributed by atoms with E-state index in [0.717, 1.165) is 12.8 Å². The maximum absolute atomic E-state index is 8.85. The molecule has 0 saturated carbocycles. The first-order valence-corrected chi connectivity index (χ1v) is 4.39. The Hall–Kier alpha value is -0.550. The molecule has 0 amide bonds. The molecule has 0 radical (unpaired) electrons. The molecule has 0 saturated heterocycles. The fourth-order valence-corrected chi connectivity index (χ4v) is 1.01. The number of aliphatic hydroxyl groups excluding tert-OH is 1. The molecule has 1 atom stereocenters. The van der Waals surface area contributed by atoms with Gasteiger partial charge >= 0.3 is 0 Å². The fourth-order valence-electron chi connectivity index (χ4n) is 1.01. The van der Waals surface area contributed by atoms with Gasteiger partial charge in [-0.1, -0.05) is 32.6 Å². The van der Waals surface area contributed by atoms with Gasteiger partial charge in [0, 0.05) is 0 Å². The lowest BCUT2D eigenvalue weighted by atomic mass is 10.1. The number of nitrogens with zero attached hydrogens (tertiary/aromatic N) is 1. The van der Waals surface area contributed by atoms with Crippen LogP contribution >= 0.6 is 0 Å². The first-order valence-electron chi connectivity index (χ1n) is 4.39. The number of hydrogen-bond donors (Lipinski definition) is 1. The van der Waals surface area contributed by atoms with Crippen molar-refractivity contribution in [2.45, 2.75) is 51.6 Å². The van der Waals surface area contributed by atoms with Crippen LogP contribution in [-0.4, -0.2) is 11.2 Å². The van der Waals surface area contributed by atoms with E-state index in [1.54, 1.807) is 0 Å². The van der Waals surface area contributed by atoms with Gasteiger partial charge in [-0.3, -0.25) is 0 Å². The Bertz CT molecular complexity index is 117. The molecule has 0 aliphatic carbocycles. The highest BCUT2D eigenvalue weighted by atomic mass is 16.3. The summed E-state index contributed by atoms with van der Waals surface area (Å²) in [4.78, 5) is 0. The molecule has 64 valence electrons. The largest absolute Gasteiger partial charge is 0.378 e. The Balaban J connectivity index is 2.97. The SMILES string of the molecule is CCCCCCCC(O)C#N. The summed E-state index contributed by atoms with van der Waals surface area (Å²) in [6.07, 6.45) is 5.76. The predicted octanol–water partition coefficient (Wildman–Crippen LogP) is 2.23. The van der Waals surface area contributed by atoms with Crippen LogP contribution in [0.4, 0.5) is 0 Å². The average molecular weight is 155 g/mol. The summed E-state index contributed by atoms with van der Waals surface area (Å²) < 4.78 is 0. The predicted molar refractivity (Wildman–Crippen MR) is 45.0 cm³/mol. The Labute approximate surface area is 68.8 Å². The quantitative estimate of drug-likeness (QED) is 0.472. The average Bonchev–Trinajstić information content (AvgIpc) is 2.04. The Kier molecular flexibility index (Phi) is 7.18. The molecular weight excluding hydrogens is 138 g/mol. The third kappa shape index (κ3) is 7.35. The first kappa shape index (κ1) is 10.4. The molecule has 0 aliphatic heterocycles. The van der Waals surface area contributed by atoms with Crippen molar-refractivity contribution in [1.29, 1.82) is 5.26 Å². The van der Waals surface area contributed by atoms with E-state index in [9.17, 15) is 0 Å². The van der Waals surface area contributed by atoms with Gasteiger partial charge in [0.05, 0.1) is 6.07 Å². The zero-order valence-electron chi connectivity index (χ0n) is 7.21. The van der Waals surface area contributed by atoms with Crippen LogP contribution in [0.5, 0.6) is 0 Å². The second kappa shape index (κ2) is 7.56. The monoisotopic (exact) mass is 155 g/mol. The van der Waals surface area contributed by atoms with Crippen LogP contribution in [0.25, 0.3) is 0 Å². The van der Waals surface area contributed by atoms with Gasteiger partial charge in [0.1, 0.15) is 6.10 Å². The highest BCUT2D eigenvalue weighted by Gasteiger charge is 1.99. The first-order chi connectivity index (χ1) is 5.31. The van der Waals surface area contributed by atoms with Crippen LogP contribution in [0.3, 0.4) is 0 Å². The maximum Gasteiger partial charge on any atom is 0.140 e. The lowest BCUT2D eigenvalue weighted by Crippen LogP contribution is -2.01. The zero-order chi connectivity index (χ0) is 8.53. The molecule has 1 unspecified atom stereocenters. The molecule has 0 aliphatic rings. The Morgan fingerprint density at radius 2 is 1.91 bits per heavy atom. The highest BCUT2D eigenvalue weighted by molar-refractivity contribution is 4.81. The zero-order valence-corrected chi connectivity index (χ0v) is 7.21. The maximum atomic E-state index is 8.85. The van der Waals surface area contributed by atoms with E-state index in [1.807, 2.05) is 6.07 Å².